The van der Waals surface area contributed by atoms with Gasteiger partial charge in [0.15, 0.2) is 0 Å². The van der Waals surface area contributed by atoms with Crippen molar-refractivity contribution in [3.63, 3.8) is 0 Å². The second-order valence-electron chi connectivity index (χ2n) is 7.67. The molecule has 1 fully saturated rings. The van der Waals surface area contributed by atoms with Crippen LogP contribution in [0.5, 0.6) is 5.75 Å². The molecule has 2 aromatic rings. The number of nitrogens with zero attached hydrogens (tertiary/aromatic N) is 1. The lowest BCUT2D eigenvalue weighted by atomic mass is 9.98. The molecule has 29 heavy (non-hydrogen) atoms. The Morgan fingerprint density at radius 1 is 1.17 bits per heavy atom. The van der Waals surface area contributed by atoms with Crippen molar-refractivity contribution >= 4 is 16.1 Å². The lowest BCUT2D eigenvalue weighted by Crippen LogP contribution is -2.41. The summed E-state index contributed by atoms with van der Waals surface area (Å²) >= 11 is 0. The van der Waals surface area contributed by atoms with Gasteiger partial charge in [-0.1, -0.05) is 42.0 Å². The molecule has 0 aromatic heterocycles. The van der Waals surface area contributed by atoms with E-state index in [4.69, 9.17) is 4.74 Å². The number of hydrogen-bond acceptors (Lipinski definition) is 4. The molecular weight excluding hydrogens is 384 g/mol. The molecule has 3 rings (SSSR count). The number of hydrogen-bond donors (Lipinski definition) is 1. The largest absolute Gasteiger partial charge is 0.497 e. The van der Waals surface area contributed by atoms with Crippen molar-refractivity contribution in [1.82, 2.24) is 9.62 Å². The third-order valence-corrected chi connectivity index (χ3v) is 6.66. The monoisotopic (exact) mass is 414 g/mol. The van der Waals surface area contributed by atoms with Crippen LogP contribution >= 0.6 is 0 Å². The van der Waals surface area contributed by atoms with Gasteiger partial charge in [-0.25, -0.2) is 13.1 Å². The highest BCUT2D eigenvalue weighted by molar-refractivity contribution is 7.89. The predicted octanol–water partition coefficient (Wildman–Crippen LogP) is 3.79. The van der Waals surface area contributed by atoms with Gasteiger partial charge >= 0.3 is 0 Å². The zero-order valence-corrected chi connectivity index (χ0v) is 18.0. The van der Waals surface area contributed by atoms with Crippen LogP contribution in [0.15, 0.2) is 65.1 Å². The average molecular weight is 415 g/mol. The Hall–Kier alpha value is -2.15. The summed E-state index contributed by atoms with van der Waals surface area (Å²) in [4.78, 5) is 2.69. The van der Waals surface area contributed by atoms with E-state index in [1.807, 2.05) is 18.2 Å². The third kappa shape index (κ3) is 6.42. The van der Waals surface area contributed by atoms with Crippen LogP contribution in [0.1, 0.15) is 25.3 Å². The van der Waals surface area contributed by atoms with Gasteiger partial charge in [0.1, 0.15) is 5.75 Å². The maximum Gasteiger partial charge on any atom is 0.240 e. The fourth-order valence-electron chi connectivity index (χ4n) is 3.76. The van der Waals surface area contributed by atoms with Crippen molar-refractivity contribution in [3.05, 3.63) is 65.7 Å². The van der Waals surface area contributed by atoms with Gasteiger partial charge < -0.3 is 4.74 Å². The van der Waals surface area contributed by atoms with E-state index < -0.39 is 10.0 Å². The minimum Gasteiger partial charge on any atom is -0.497 e. The minimum atomic E-state index is -3.50. The van der Waals surface area contributed by atoms with Gasteiger partial charge in [0.05, 0.1) is 12.0 Å². The van der Waals surface area contributed by atoms with E-state index in [9.17, 15) is 8.42 Å². The quantitative estimate of drug-likeness (QED) is 0.714. The number of piperidine rings is 1. The number of ether oxygens (including phenoxy) is 1. The van der Waals surface area contributed by atoms with Gasteiger partial charge in [-0.3, -0.25) is 4.90 Å². The van der Waals surface area contributed by atoms with Crippen molar-refractivity contribution in [2.45, 2.75) is 24.7 Å². The Bertz CT molecular complexity index is 909. The maximum absolute atomic E-state index is 12.6. The Labute approximate surface area is 174 Å². The topological polar surface area (TPSA) is 58.6 Å². The van der Waals surface area contributed by atoms with Gasteiger partial charge in [0.2, 0.25) is 10.0 Å². The minimum absolute atomic E-state index is 0.271. The second kappa shape index (κ2) is 10.1. The van der Waals surface area contributed by atoms with Crippen molar-refractivity contribution in [2.75, 3.05) is 33.3 Å². The van der Waals surface area contributed by atoms with E-state index in [-0.39, 0.29) is 4.90 Å². The fraction of sp³-hybridized carbons (Fsp3) is 0.391. The predicted molar refractivity (Wildman–Crippen MR) is 117 cm³/mol. The summed E-state index contributed by atoms with van der Waals surface area (Å²) in [7, 11) is -1.94. The van der Waals surface area contributed by atoms with Crippen LogP contribution in [0.3, 0.4) is 0 Å². The first kappa shape index (κ1) is 21.6. The van der Waals surface area contributed by atoms with Crippen molar-refractivity contribution in [1.29, 1.82) is 0 Å². The number of methoxy groups -OCH3 is 1. The molecule has 5 nitrogen and oxygen atoms in total. The summed E-state index contributed by atoms with van der Waals surface area (Å²) in [6.07, 6.45) is 4.35. The highest BCUT2D eigenvalue weighted by atomic mass is 32.2. The van der Waals surface area contributed by atoms with Crippen LogP contribution in [0.2, 0.25) is 0 Å². The summed E-state index contributed by atoms with van der Waals surface area (Å²) in [5, 5.41) is 0. The van der Waals surface area contributed by atoms with E-state index in [0.29, 0.717) is 18.2 Å². The Morgan fingerprint density at radius 2 is 1.90 bits per heavy atom. The molecule has 2 aromatic carbocycles. The molecule has 0 saturated carbocycles. The first-order valence-electron chi connectivity index (χ1n) is 10.0. The van der Waals surface area contributed by atoms with Crippen LogP contribution in [0.4, 0.5) is 0 Å². The molecule has 0 spiro atoms. The summed E-state index contributed by atoms with van der Waals surface area (Å²) in [6.45, 7) is 5.50. The van der Waals surface area contributed by atoms with Crippen molar-refractivity contribution in [2.24, 2.45) is 5.92 Å². The molecule has 1 unspecified atom stereocenters. The molecule has 6 heteroatoms. The highest BCUT2D eigenvalue weighted by Gasteiger charge is 2.22. The molecule has 156 valence electrons. The molecule has 1 aliphatic heterocycles. The van der Waals surface area contributed by atoms with E-state index >= 15 is 0 Å². The van der Waals surface area contributed by atoms with Crippen LogP contribution in [-0.4, -0.2) is 46.6 Å². The summed E-state index contributed by atoms with van der Waals surface area (Å²) in [5.41, 5.74) is 2.53. The first-order valence-corrected chi connectivity index (χ1v) is 11.5. The second-order valence-corrected chi connectivity index (χ2v) is 9.44. The van der Waals surface area contributed by atoms with Gasteiger partial charge in [-0.15, -0.1) is 0 Å². The molecule has 1 aliphatic rings. The fourth-order valence-corrected chi connectivity index (χ4v) is 4.88. The number of rotatable bonds is 8. The number of benzene rings is 2. The van der Waals surface area contributed by atoms with Crippen LogP contribution < -0.4 is 9.46 Å². The average Bonchev–Trinajstić information content (AvgIpc) is 2.73. The number of sulfonamides is 1. The van der Waals surface area contributed by atoms with E-state index in [2.05, 4.69) is 34.8 Å². The molecule has 1 N–H and O–H groups in total. The molecule has 0 bridgehead atoms. The Balaban J connectivity index is 1.53. The van der Waals surface area contributed by atoms with Gasteiger partial charge in [-0.2, -0.15) is 0 Å². The van der Waals surface area contributed by atoms with E-state index in [1.165, 1.54) is 11.1 Å². The zero-order valence-electron chi connectivity index (χ0n) is 17.2. The number of likely N-dealkylation sites (tertiary alicyclic amines) is 1. The van der Waals surface area contributed by atoms with Crippen LogP contribution in [0, 0.1) is 5.92 Å². The summed E-state index contributed by atoms with van der Waals surface area (Å²) in [5.74, 6) is 0.965. The van der Waals surface area contributed by atoms with Crippen molar-refractivity contribution in [3.8, 4) is 5.75 Å². The lowest BCUT2D eigenvalue weighted by molar-refractivity contribution is 0.189. The van der Waals surface area contributed by atoms with Crippen molar-refractivity contribution < 1.29 is 13.2 Å². The molecular formula is C23H30N2O3S. The SMILES string of the molecule is COc1ccc(S(=O)(=O)NCC2CCCN(CC(C)=Cc3ccccc3)C2)cc1. The Kier molecular flexibility index (Phi) is 7.47. The van der Waals surface area contributed by atoms with Gasteiger partial charge in [-0.05, 0) is 62.1 Å². The molecule has 1 saturated heterocycles. The highest BCUT2D eigenvalue weighted by Crippen LogP contribution is 2.19. The van der Waals surface area contributed by atoms with E-state index in [1.54, 1.807) is 31.4 Å². The molecule has 1 heterocycles. The van der Waals surface area contributed by atoms with Gasteiger partial charge in [0, 0.05) is 19.6 Å². The normalized spacial score (nSPS) is 18.6. The molecule has 0 amide bonds. The standard InChI is InChI=1S/C23H30N2O3S/c1-19(15-20-7-4-3-5-8-20)17-25-14-6-9-21(18-25)16-24-29(26,27)23-12-10-22(28-2)11-13-23/h3-5,7-8,10-13,15,21,24H,6,9,14,16-18H2,1-2H3. The summed E-state index contributed by atoms with van der Waals surface area (Å²) in [6, 6.07) is 16.8. The summed E-state index contributed by atoms with van der Waals surface area (Å²) < 4.78 is 33.0. The number of nitrogens with one attached hydrogen (secondary N) is 1. The smallest absolute Gasteiger partial charge is 0.240 e. The molecule has 0 aliphatic carbocycles. The maximum atomic E-state index is 12.6. The van der Waals surface area contributed by atoms with E-state index in [0.717, 1.165) is 32.5 Å². The first-order chi connectivity index (χ1) is 14.0. The zero-order chi connectivity index (χ0) is 20.7. The lowest BCUT2D eigenvalue weighted by Gasteiger charge is -2.33. The molecule has 0 radical (unpaired) electrons. The van der Waals surface area contributed by atoms with Crippen LogP contribution in [0.25, 0.3) is 6.08 Å². The van der Waals surface area contributed by atoms with Gasteiger partial charge in [0.25, 0.3) is 0 Å². The molecule has 1 atom stereocenters. The van der Waals surface area contributed by atoms with Crippen LogP contribution in [-0.2, 0) is 10.0 Å². The third-order valence-electron chi connectivity index (χ3n) is 5.22. The Morgan fingerprint density at radius 3 is 2.59 bits per heavy atom.